The van der Waals surface area contributed by atoms with Crippen LogP contribution in [-0.4, -0.2) is 51.7 Å². The third-order valence-corrected chi connectivity index (χ3v) is 4.67. The van der Waals surface area contributed by atoms with E-state index < -0.39 is 33.7 Å². The molecule has 1 aromatic carbocycles. The number of halogens is 1. The molecule has 0 aromatic heterocycles. The maximum atomic E-state index is 12.0. The van der Waals surface area contributed by atoms with Crippen molar-refractivity contribution in [3.8, 4) is 0 Å². The Morgan fingerprint density at radius 3 is 2.29 bits per heavy atom. The number of esters is 1. The molecule has 0 fully saturated rings. The number of hydrogen-bond donors (Lipinski definition) is 3. The van der Waals surface area contributed by atoms with Gasteiger partial charge in [-0.15, -0.1) is 12.4 Å². The van der Waals surface area contributed by atoms with Crippen LogP contribution in [0.15, 0.2) is 23.1 Å². The lowest BCUT2D eigenvalue weighted by atomic mass is 10.1. The summed E-state index contributed by atoms with van der Waals surface area (Å²) < 4.78 is 28.5. The first-order valence-corrected chi connectivity index (χ1v) is 10.2. The number of carbonyl (C=O) groups is 3. The van der Waals surface area contributed by atoms with Crippen molar-refractivity contribution in [2.45, 2.75) is 31.7 Å². The van der Waals surface area contributed by atoms with Crippen molar-refractivity contribution in [2.24, 2.45) is 11.7 Å². The monoisotopic (exact) mass is 435 g/mol. The Morgan fingerprint density at radius 2 is 1.79 bits per heavy atom. The number of hydrogen-bond acceptors (Lipinski definition) is 7. The van der Waals surface area contributed by atoms with Gasteiger partial charge in [-0.1, -0.05) is 13.8 Å². The lowest BCUT2D eigenvalue weighted by molar-refractivity contribution is -0.125. The Balaban J connectivity index is 0.00000729. The van der Waals surface area contributed by atoms with E-state index in [9.17, 15) is 22.8 Å². The van der Waals surface area contributed by atoms with Gasteiger partial charge in [-0.25, -0.2) is 13.2 Å². The summed E-state index contributed by atoms with van der Waals surface area (Å²) in [7, 11) is -3.62. The lowest BCUT2D eigenvalue weighted by Gasteiger charge is -2.15. The molecule has 0 aliphatic rings. The van der Waals surface area contributed by atoms with Gasteiger partial charge in [0.1, 0.15) is 0 Å². The fraction of sp³-hybridized carbons (Fsp3) is 0.471. The minimum absolute atomic E-state index is 0. The standard InChI is InChI=1S/C17H25N3O6S.ClH/c1-5-26-17(23)11-6-12(8-13(7-11)27(4,24)25)20-14(21)9-19-16(22)15(18)10(2)3;/h6-8,10,15H,5,9,18H2,1-4H3,(H,19,22)(H,20,21);1H/t15-;/m0./s1. The number of nitrogens with one attached hydrogen (secondary N) is 2. The fourth-order valence-electron chi connectivity index (χ4n) is 2.01. The quantitative estimate of drug-likeness (QED) is 0.510. The number of ether oxygens (including phenoxy) is 1. The van der Waals surface area contributed by atoms with Crippen LogP contribution in [-0.2, 0) is 24.2 Å². The Kier molecular flexibility index (Phi) is 10.1. The molecule has 0 heterocycles. The van der Waals surface area contributed by atoms with E-state index in [1.807, 2.05) is 0 Å². The average molecular weight is 436 g/mol. The minimum Gasteiger partial charge on any atom is -0.462 e. The van der Waals surface area contributed by atoms with E-state index in [0.29, 0.717) is 0 Å². The number of amides is 2. The Labute approximate surface area is 170 Å². The molecule has 4 N–H and O–H groups in total. The summed E-state index contributed by atoms with van der Waals surface area (Å²) in [5, 5.41) is 4.85. The van der Waals surface area contributed by atoms with E-state index >= 15 is 0 Å². The Morgan fingerprint density at radius 1 is 1.18 bits per heavy atom. The molecular weight excluding hydrogens is 410 g/mol. The van der Waals surface area contributed by atoms with Gasteiger partial charge in [0.05, 0.1) is 29.7 Å². The molecule has 28 heavy (non-hydrogen) atoms. The van der Waals surface area contributed by atoms with Gasteiger partial charge < -0.3 is 21.1 Å². The first-order chi connectivity index (χ1) is 12.5. The Bertz CT molecular complexity index is 826. The number of rotatable bonds is 8. The molecule has 0 unspecified atom stereocenters. The van der Waals surface area contributed by atoms with Gasteiger partial charge >= 0.3 is 5.97 Å². The summed E-state index contributed by atoms with van der Waals surface area (Å²) in [5.74, 6) is -1.88. The Hall–Kier alpha value is -2.17. The molecule has 1 rings (SSSR count). The zero-order chi connectivity index (χ0) is 20.8. The molecule has 0 saturated heterocycles. The van der Waals surface area contributed by atoms with Crippen molar-refractivity contribution >= 4 is 45.7 Å². The van der Waals surface area contributed by atoms with E-state index in [1.54, 1.807) is 20.8 Å². The molecule has 0 bridgehead atoms. The fourth-order valence-corrected chi connectivity index (χ4v) is 2.69. The van der Waals surface area contributed by atoms with Crippen molar-refractivity contribution in [3.63, 3.8) is 0 Å². The molecule has 0 saturated carbocycles. The molecule has 2 amide bonds. The number of sulfone groups is 1. The van der Waals surface area contributed by atoms with Crippen molar-refractivity contribution in [1.29, 1.82) is 0 Å². The van der Waals surface area contributed by atoms with Gasteiger partial charge in [0.15, 0.2) is 9.84 Å². The smallest absolute Gasteiger partial charge is 0.338 e. The van der Waals surface area contributed by atoms with Gasteiger partial charge in [-0.2, -0.15) is 0 Å². The molecule has 1 atom stereocenters. The van der Waals surface area contributed by atoms with E-state index in [2.05, 4.69) is 10.6 Å². The van der Waals surface area contributed by atoms with E-state index in [1.165, 1.54) is 18.2 Å². The highest BCUT2D eigenvalue weighted by Gasteiger charge is 2.19. The van der Waals surface area contributed by atoms with Crippen LogP contribution in [0.5, 0.6) is 0 Å². The zero-order valence-electron chi connectivity index (χ0n) is 16.1. The molecule has 0 spiro atoms. The molecule has 0 aliphatic heterocycles. The zero-order valence-corrected chi connectivity index (χ0v) is 17.8. The van der Waals surface area contributed by atoms with Crippen LogP contribution in [0.2, 0.25) is 0 Å². The molecule has 0 radical (unpaired) electrons. The molecular formula is C17H26ClN3O6S. The van der Waals surface area contributed by atoms with Gasteiger partial charge in [0.25, 0.3) is 0 Å². The van der Waals surface area contributed by atoms with Crippen LogP contribution in [0, 0.1) is 5.92 Å². The van der Waals surface area contributed by atoms with E-state index in [-0.39, 0.29) is 47.6 Å². The van der Waals surface area contributed by atoms with Crippen LogP contribution in [0.1, 0.15) is 31.1 Å². The van der Waals surface area contributed by atoms with Crippen molar-refractivity contribution < 1.29 is 27.5 Å². The van der Waals surface area contributed by atoms with E-state index in [4.69, 9.17) is 10.5 Å². The molecule has 9 nitrogen and oxygen atoms in total. The summed E-state index contributed by atoms with van der Waals surface area (Å²) in [5.41, 5.74) is 5.76. The lowest BCUT2D eigenvalue weighted by Crippen LogP contribution is -2.46. The van der Waals surface area contributed by atoms with Gasteiger partial charge in [-0.05, 0) is 31.0 Å². The largest absolute Gasteiger partial charge is 0.462 e. The van der Waals surface area contributed by atoms with Gasteiger partial charge in [0, 0.05) is 11.9 Å². The summed E-state index contributed by atoms with van der Waals surface area (Å²) in [6.07, 6.45) is 0.983. The first-order valence-electron chi connectivity index (χ1n) is 8.31. The highest BCUT2D eigenvalue weighted by atomic mass is 35.5. The van der Waals surface area contributed by atoms with Crippen molar-refractivity contribution in [1.82, 2.24) is 5.32 Å². The second kappa shape index (κ2) is 11.0. The first kappa shape index (κ1) is 25.8. The van der Waals surface area contributed by atoms with Crippen LogP contribution < -0.4 is 16.4 Å². The van der Waals surface area contributed by atoms with Crippen LogP contribution in [0.4, 0.5) is 5.69 Å². The van der Waals surface area contributed by atoms with E-state index in [0.717, 1.165) is 6.26 Å². The molecule has 1 aromatic rings. The SMILES string of the molecule is CCOC(=O)c1cc(NC(=O)CNC(=O)[C@@H](N)C(C)C)cc(S(C)(=O)=O)c1.Cl. The second-order valence-corrected chi connectivity index (χ2v) is 8.29. The van der Waals surface area contributed by atoms with Crippen LogP contribution >= 0.6 is 12.4 Å². The van der Waals surface area contributed by atoms with Crippen LogP contribution in [0.25, 0.3) is 0 Å². The topological polar surface area (TPSA) is 145 Å². The maximum absolute atomic E-state index is 12.0. The summed E-state index contributed by atoms with van der Waals surface area (Å²) in [4.78, 5) is 35.6. The highest BCUT2D eigenvalue weighted by Crippen LogP contribution is 2.20. The molecule has 11 heteroatoms. The number of carbonyl (C=O) groups excluding carboxylic acids is 3. The summed E-state index contributed by atoms with van der Waals surface area (Å²) in [6, 6.07) is 2.94. The predicted octanol–water partition coefficient (Wildman–Crippen LogP) is 0.727. The van der Waals surface area contributed by atoms with Gasteiger partial charge in [0.2, 0.25) is 11.8 Å². The van der Waals surface area contributed by atoms with Gasteiger partial charge in [-0.3, -0.25) is 9.59 Å². The average Bonchev–Trinajstić information content (AvgIpc) is 2.58. The highest BCUT2D eigenvalue weighted by molar-refractivity contribution is 7.90. The maximum Gasteiger partial charge on any atom is 0.338 e. The normalized spacial score (nSPS) is 11.9. The minimum atomic E-state index is -3.62. The number of anilines is 1. The van der Waals surface area contributed by atoms with Crippen molar-refractivity contribution in [3.05, 3.63) is 23.8 Å². The second-order valence-electron chi connectivity index (χ2n) is 6.27. The molecule has 0 aliphatic carbocycles. The third-order valence-electron chi connectivity index (χ3n) is 3.57. The summed E-state index contributed by atoms with van der Waals surface area (Å²) >= 11 is 0. The van der Waals surface area contributed by atoms with Crippen molar-refractivity contribution in [2.75, 3.05) is 24.7 Å². The predicted molar refractivity (Wildman–Crippen MR) is 107 cm³/mol. The number of nitrogens with two attached hydrogens (primary N) is 1. The third kappa shape index (κ3) is 7.83. The number of benzene rings is 1. The summed E-state index contributed by atoms with van der Waals surface area (Å²) in [6.45, 7) is 4.93. The van der Waals surface area contributed by atoms with Crippen LogP contribution in [0.3, 0.4) is 0 Å². The molecule has 158 valence electrons.